The Hall–Kier alpha value is -2.55. The molecule has 3 heterocycles. The number of carbonyl (C=O) groups is 1. The molecule has 1 aliphatic heterocycles. The Morgan fingerprint density at radius 3 is 3.08 bits per heavy atom. The molecule has 0 aliphatic carbocycles. The van der Waals surface area contributed by atoms with Gasteiger partial charge in [0, 0.05) is 36.8 Å². The van der Waals surface area contributed by atoms with Crippen LogP contribution in [-0.2, 0) is 4.74 Å². The molecule has 1 aliphatic rings. The third-order valence-corrected chi connectivity index (χ3v) is 4.97. The summed E-state index contributed by atoms with van der Waals surface area (Å²) in [5.41, 5.74) is 2.29. The van der Waals surface area contributed by atoms with E-state index in [0.29, 0.717) is 18.8 Å². The summed E-state index contributed by atoms with van der Waals surface area (Å²) in [6.45, 7) is 2.76. The highest BCUT2D eigenvalue weighted by Crippen LogP contribution is 2.24. The molecule has 2 aromatic heterocycles. The van der Waals surface area contributed by atoms with Crippen molar-refractivity contribution in [2.45, 2.75) is 6.10 Å². The van der Waals surface area contributed by atoms with Gasteiger partial charge in [0.1, 0.15) is 10.7 Å². The number of amides is 1. The molecule has 0 unspecified atom stereocenters. The summed E-state index contributed by atoms with van der Waals surface area (Å²) in [5.74, 6) is -0.183. The maximum absolute atomic E-state index is 12.3. The summed E-state index contributed by atoms with van der Waals surface area (Å²) in [6.07, 6.45) is 3.68. The van der Waals surface area contributed by atoms with Gasteiger partial charge in [0.25, 0.3) is 5.91 Å². The van der Waals surface area contributed by atoms with Gasteiger partial charge in [-0.2, -0.15) is 5.10 Å². The van der Waals surface area contributed by atoms with Crippen molar-refractivity contribution in [2.75, 3.05) is 26.2 Å². The second-order valence-electron chi connectivity index (χ2n) is 5.95. The minimum Gasteiger partial charge on any atom is -0.374 e. The molecule has 1 aromatic carbocycles. The van der Waals surface area contributed by atoms with Gasteiger partial charge >= 0.3 is 0 Å². The zero-order valence-electron chi connectivity index (χ0n) is 14.1. The second kappa shape index (κ2) is 7.77. The number of rotatable bonds is 5. The van der Waals surface area contributed by atoms with Gasteiger partial charge in [-0.15, -0.1) is 11.3 Å². The van der Waals surface area contributed by atoms with E-state index < -0.39 is 0 Å². The molecule has 1 atom stereocenters. The average Bonchev–Trinajstić information content (AvgIpc) is 3.37. The monoisotopic (exact) mass is 369 g/mol. The van der Waals surface area contributed by atoms with Crippen molar-refractivity contribution in [3.8, 4) is 16.3 Å². The minimum absolute atomic E-state index is 0.00918. The molecule has 26 heavy (non-hydrogen) atoms. The van der Waals surface area contributed by atoms with E-state index in [2.05, 4.69) is 20.7 Å². The van der Waals surface area contributed by atoms with Gasteiger partial charge in [0.2, 0.25) is 0 Å². The largest absolute Gasteiger partial charge is 0.374 e. The number of benzene rings is 1. The molecular weight excluding hydrogens is 350 g/mol. The van der Waals surface area contributed by atoms with Crippen LogP contribution in [0, 0.1) is 0 Å². The molecule has 2 N–H and O–H groups in total. The molecule has 0 bridgehead atoms. The first-order valence-corrected chi connectivity index (χ1v) is 9.34. The van der Waals surface area contributed by atoms with Crippen molar-refractivity contribution >= 4 is 17.2 Å². The molecule has 3 aromatic rings. The van der Waals surface area contributed by atoms with Crippen molar-refractivity contribution in [3.05, 3.63) is 53.8 Å². The number of carbonyl (C=O) groups excluding carboxylic acids is 1. The van der Waals surface area contributed by atoms with Crippen LogP contribution in [-0.4, -0.2) is 53.0 Å². The van der Waals surface area contributed by atoms with E-state index in [1.807, 2.05) is 36.5 Å². The number of aromatic nitrogens is 3. The highest BCUT2D eigenvalue weighted by atomic mass is 32.1. The number of nitrogens with one attached hydrogen (secondary N) is 2. The Labute approximate surface area is 155 Å². The number of nitrogens with zero attached hydrogens (tertiary/aromatic N) is 3. The summed E-state index contributed by atoms with van der Waals surface area (Å²) in [5, 5.41) is 13.0. The van der Waals surface area contributed by atoms with Crippen LogP contribution in [0.4, 0.5) is 0 Å². The van der Waals surface area contributed by atoms with Crippen LogP contribution in [0.1, 0.15) is 10.5 Å². The Balaban J connectivity index is 1.41. The number of morpholine rings is 1. The highest BCUT2D eigenvalue weighted by molar-refractivity contribution is 7.13. The van der Waals surface area contributed by atoms with Gasteiger partial charge in [-0.1, -0.05) is 18.2 Å². The first kappa shape index (κ1) is 16.9. The van der Waals surface area contributed by atoms with Gasteiger partial charge in [-0.05, 0) is 12.1 Å². The maximum atomic E-state index is 12.3. The van der Waals surface area contributed by atoms with E-state index in [0.717, 1.165) is 29.3 Å². The van der Waals surface area contributed by atoms with E-state index in [-0.39, 0.29) is 12.0 Å². The Kier molecular flexibility index (Phi) is 5.05. The van der Waals surface area contributed by atoms with Crippen LogP contribution in [0.2, 0.25) is 0 Å². The molecule has 1 amide bonds. The molecule has 1 saturated heterocycles. The zero-order chi connectivity index (χ0) is 17.8. The van der Waals surface area contributed by atoms with E-state index in [1.54, 1.807) is 16.3 Å². The van der Waals surface area contributed by atoms with Crippen LogP contribution >= 0.6 is 11.3 Å². The van der Waals surface area contributed by atoms with Crippen molar-refractivity contribution in [1.29, 1.82) is 0 Å². The normalized spacial score (nSPS) is 17.2. The molecule has 0 spiro atoms. The molecule has 8 heteroatoms. The van der Waals surface area contributed by atoms with E-state index in [4.69, 9.17) is 4.74 Å². The van der Waals surface area contributed by atoms with Gasteiger partial charge in [-0.25, -0.2) is 9.67 Å². The predicted molar refractivity (Wildman–Crippen MR) is 99.6 cm³/mol. The lowest BCUT2D eigenvalue weighted by atomic mass is 10.3. The number of thiazole rings is 1. The summed E-state index contributed by atoms with van der Waals surface area (Å²) in [6, 6.07) is 9.87. The first-order valence-electron chi connectivity index (χ1n) is 8.46. The van der Waals surface area contributed by atoms with Crippen LogP contribution in [0.3, 0.4) is 0 Å². The lowest BCUT2D eigenvalue weighted by Gasteiger charge is -2.23. The van der Waals surface area contributed by atoms with Gasteiger partial charge in [-0.3, -0.25) is 4.79 Å². The van der Waals surface area contributed by atoms with E-state index in [1.165, 1.54) is 11.3 Å². The van der Waals surface area contributed by atoms with E-state index >= 15 is 0 Å². The van der Waals surface area contributed by atoms with Gasteiger partial charge < -0.3 is 15.4 Å². The smallest absolute Gasteiger partial charge is 0.270 e. The molecule has 0 saturated carbocycles. The minimum atomic E-state index is -0.183. The lowest BCUT2D eigenvalue weighted by molar-refractivity contribution is 0.0287. The fraction of sp³-hybridized carbons (Fsp3) is 0.278. The third kappa shape index (κ3) is 3.82. The Bertz CT molecular complexity index is 871. The fourth-order valence-corrected chi connectivity index (χ4v) is 3.49. The second-order valence-corrected chi connectivity index (χ2v) is 6.81. The number of para-hydroxylation sites is 1. The van der Waals surface area contributed by atoms with Crippen LogP contribution in [0.25, 0.3) is 16.3 Å². The molecular formula is C18H19N5O2S. The molecule has 7 nitrogen and oxygen atoms in total. The topological polar surface area (TPSA) is 81.1 Å². The first-order chi connectivity index (χ1) is 12.8. The van der Waals surface area contributed by atoms with Gasteiger partial charge in [0.05, 0.1) is 24.6 Å². The number of hydrogen-bond acceptors (Lipinski definition) is 6. The van der Waals surface area contributed by atoms with Crippen LogP contribution in [0.15, 0.2) is 48.1 Å². The maximum Gasteiger partial charge on any atom is 0.270 e. The van der Waals surface area contributed by atoms with Crippen molar-refractivity contribution < 1.29 is 9.53 Å². The standard InChI is InChI=1S/C18H19N5O2S/c24-17(20-10-15-9-19-6-7-25-15)16-12-26-18(22-16)13-8-21-23(11-13)14-4-2-1-3-5-14/h1-5,8,11-12,15,19H,6-7,9-10H2,(H,20,24)/t15-/m0/s1. The number of hydrogen-bond donors (Lipinski definition) is 2. The summed E-state index contributed by atoms with van der Waals surface area (Å²) in [4.78, 5) is 16.7. The Morgan fingerprint density at radius 2 is 2.27 bits per heavy atom. The fourth-order valence-electron chi connectivity index (χ4n) is 2.71. The highest BCUT2D eigenvalue weighted by Gasteiger charge is 2.17. The predicted octanol–water partition coefficient (Wildman–Crippen LogP) is 1.71. The van der Waals surface area contributed by atoms with Crippen LogP contribution in [0.5, 0.6) is 0 Å². The summed E-state index contributed by atoms with van der Waals surface area (Å²) in [7, 11) is 0. The Morgan fingerprint density at radius 1 is 1.38 bits per heavy atom. The SMILES string of the molecule is O=C(NC[C@@H]1CNCCO1)c1csc(-c2cnn(-c3ccccc3)c2)n1. The van der Waals surface area contributed by atoms with Crippen molar-refractivity contribution in [1.82, 2.24) is 25.4 Å². The third-order valence-electron chi connectivity index (χ3n) is 4.08. The lowest BCUT2D eigenvalue weighted by Crippen LogP contribution is -2.45. The summed E-state index contributed by atoms with van der Waals surface area (Å²) < 4.78 is 7.37. The zero-order valence-corrected chi connectivity index (χ0v) is 14.9. The molecule has 0 radical (unpaired) electrons. The van der Waals surface area contributed by atoms with Crippen molar-refractivity contribution in [3.63, 3.8) is 0 Å². The summed E-state index contributed by atoms with van der Waals surface area (Å²) >= 11 is 1.43. The van der Waals surface area contributed by atoms with Crippen LogP contribution < -0.4 is 10.6 Å². The molecule has 134 valence electrons. The molecule has 4 rings (SSSR count). The average molecular weight is 369 g/mol. The quantitative estimate of drug-likeness (QED) is 0.716. The number of ether oxygens (including phenoxy) is 1. The van der Waals surface area contributed by atoms with E-state index in [9.17, 15) is 4.79 Å². The van der Waals surface area contributed by atoms with Crippen molar-refractivity contribution in [2.24, 2.45) is 0 Å². The van der Waals surface area contributed by atoms with Gasteiger partial charge in [0.15, 0.2) is 0 Å². The molecule has 1 fully saturated rings.